The fourth-order valence-corrected chi connectivity index (χ4v) is 2.35. The van der Waals surface area contributed by atoms with Crippen LogP contribution in [-0.2, 0) is 6.54 Å². The van der Waals surface area contributed by atoms with Gasteiger partial charge >= 0.3 is 0 Å². The lowest BCUT2D eigenvalue weighted by atomic mass is 10.3. The summed E-state index contributed by atoms with van der Waals surface area (Å²) < 4.78 is 5.35. The maximum atomic E-state index is 6.23. The molecule has 102 valence electrons. The maximum absolute atomic E-state index is 6.23. The van der Waals surface area contributed by atoms with Crippen LogP contribution in [0.3, 0.4) is 0 Å². The predicted molar refractivity (Wildman–Crippen MR) is 79.2 cm³/mol. The fourth-order valence-electron chi connectivity index (χ4n) is 1.78. The van der Waals surface area contributed by atoms with Crippen LogP contribution in [0.2, 0.25) is 10.0 Å². The summed E-state index contributed by atoms with van der Waals surface area (Å²) in [5, 5.41) is 3.98. The molecule has 4 nitrogen and oxygen atoms in total. The van der Waals surface area contributed by atoms with Gasteiger partial charge in [0.25, 0.3) is 0 Å². The summed E-state index contributed by atoms with van der Waals surface area (Å²) in [5.74, 6) is 2.16. The van der Waals surface area contributed by atoms with Gasteiger partial charge in [0.2, 0.25) is 0 Å². The predicted octanol–water partition coefficient (Wildman–Crippen LogP) is 4.05. The van der Waals surface area contributed by atoms with Gasteiger partial charge in [-0.05, 0) is 25.1 Å². The number of furan rings is 1. The van der Waals surface area contributed by atoms with Crippen molar-refractivity contribution in [1.29, 1.82) is 0 Å². The summed E-state index contributed by atoms with van der Waals surface area (Å²) >= 11 is 12.3. The number of nitrogens with one attached hydrogen (secondary N) is 1. The Morgan fingerprint density at radius 2 is 2.16 bits per heavy atom. The van der Waals surface area contributed by atoms with Crippen molar-refractivity contribution in [2.45, 2.75) is 13.5 Å². The van der Waals surface area contributed by atoms with Crippen molar-refractivity contribution >= 4 is 34.8 Å². The monoisotopic (exact) mass is 299 g/mol. The highest BCUT2D eigenvalue weighted by atomic mass is 35.5. The summed E-state index contributed by atoms with van der Waals surface area (Å²) in [6.07, 6.45) is 1.65. The molecule has 19 heavy (non-hydrogen) atoms. The molecule has 0 aliphatic carbocycles. The van der Waals surface area contributed by atoms with Crippen LogP contribution in [-0.4, -0.2) is 18.6 Å². The highest BCUT2D eigenvalue weighted by Crippen LogP contribution is 2.31. The molecule has 2 heterocycles. The lowest BCUT2D eigenvalue weighted by Gasteiger charge is -2.22. The Morgan fingerprint density at radius 3 is 2.74 bits per heavy atom. The van der Waals surface area contributed by atoms with Crippen molar-refractivity contribution < 1.29 is 4.42 Å². The largest absolute Gasteiger partial charge is 0.467 e. The smallest absolute Gasteiger partial charge is 0.150 e. The molecule has 0 fully saturated rings. The van der Waals surface area contributed by atoms with E-state index in [0.29, 0.717) is 28.2 Å². The molecule has 2 aromatic rings. The van der Waals surface area contributed by atoms with E-state index in [1.54, 1.807) is 19.4 Å². The van der Waals surface area contributed by atoms with E-state index in [2.05, 4.69) is 10.3 Å². The Morgan fingerprint density at radius 1 is 1.37 bits per heavy atom. The van der Waals surface area contributed by atoms with Gasteiger partial charge < -0.3 is 14.6 Å². The van der Waals surface area contributed by atoms with E-state index in [1.165, 1.54) is 0 Å². The molecular formula is C13H15Cl2N3O. The van der Waals surface area contributed by atoms with Crippen LogP contribution in [0, 0.1) is 0 Å². The zero-order chi connectivity index (χ0) is 13.8. The molecule has 2 rings (SSSR count). The number of pyridine rings is 1. The molecule has 2 aromatic heterocycles. The second-order valence-corrected chi connectivity index (χ2v) is 4.78. The Hall–Kier alpha value is -1.39. The van der Waals surface area contributed by atoms with Gasteiger partial charge in [0.1, 0.15) is 17.4 Å². The Labute approximate surface area is 122 Å². The first kappa shape index (κ1) is 14.0. The lowest BCUT2D eigenvalue weighted by molar-refractivity contribution is 0.503. The second kappa shape index (κ2) is 6.17. The molecule has 0 saturated carbocycles. The Kier molecular flexibility index (Phi) is 4.56. The molecule has 0 amide bonds. The summed E-state index contributed by atoms with van der Waals surface area (Å²) in [6.45, 7) is 3.41. The van der Waals surface area contributed by atoms with Gasteiger partial charge in [0.05, 0.1) is 22.9 Å². The SMILES string of the molecule is CCN(Cc1ccco1)c1nc(NC)c(Cl)cc1Cl. The van der Waals surface area contributed by atoms with E-state index < -0.39 is 0 Å². The van der Waals surface area contributed by atoms with Crippen molar-refractivity contribution in [2.75, 3.05) is 23.8 Å². The number of aromatic nitrogens is 1. The molecule has 0 bridgehead atoms. The first-order valence-corrected chi connectivity index (χ1v) is 6.72. The first-order chi connectivity index (χ1) is 9.15. The van der Waals surface area contributed by atoms with Crippen LogP contribution in [0.1, 0.15) is 12.7 Å². The molecule has 0 unspecified atom stereocenters. The summed E-state index contributed by atoms with van der Waals surface area (Å²) in [7, 11) is 1.77. The summed E-state index contributed by atoms with van der Waals surface area (Å²) in [4.78, 5) is 6.48. The van der Waals surface area contributed by atoms with E-state index in [4.69, 9.17) is 27.6 Å². The van der Waals surface area contributed by atoms with Crippen molar-refractivity contribution in [3.05, 3.63) is 40.3 Å². The molecule has 0 spiro atoms. The zero-order valence-corrected chi connectivity index (χ0v) is 12.3. The van der Waals surface area contributed by atoms with E-state index in [9.17, 15) is 0 Å². The molecule has 0 radical (unpaired) electrons. The third-order valence-electron chi connectivity index (χ3n) is 2.76. The van der Waals surface area contributed by atoms with Gasteiger partial charge in [0, 0.05) is 13.6 Å². The van der Waals surface area contributed by atoms with E-state index in [-0.39, 0.29) is 0 Å². The van der Waals surface area contributed by atoms with Crippen molar-refractivity contribution in [3.8, 4) is 0 Å². The summed E-state index contributed by atoms with van der Waals surface area (Å²) in [6, 6.07) is 5.48. The third kappa shape index (κ3) is 3.14. The van der Waals surface area contributed by atoms with Crippen LogP contribution >= 0.6 is 23.2 Å². The number of hydrogen-bond donors (Lipinski definition) is 1. The van der Waals surface area contributed by atoms with Gasteiger partial charge in [-0.2, -0.15) is 0 Å². The van der Waals surface area contributed by atoms with E-state index in [0.717, 1.165) is 12.3 Å². The zero-order valence-electron chi connectivity index (χ0n) is 10.8. The molecule has 0 aliphatic rings. The number of hydrogen-bond acceptors (Lipinski definition) is 4. The van der Waals surface area contributed by atoms with Crippen LogP contribution in [0.4, 0.5) is 11.6 Å². The molecular weight excluding hydrogens is 285 g/mol. The maximum Gasteiger partial charge on any atom is 0.150 e. The van der Waals surface area contributed by atoms with E-state index >= 15 is 0 Å². The topological polar surface area (TPSA) is 41.3 Å². The number of nitrogens with zero attached hydrogens (tertiary/aromatic N) is 2. The highest BCUT2D eigenvalue weighted by Gasteiger charge is 2.15. The second-order valence-electron chi connectivity index (χ2n) is 3.97. The fraction of sp³-hybridized carbons (Fsp3) is 0.308. The standard InChI is InChI=1S/C13H15Cl2N3O/c1-3-18(8-9-5-4-6-19-9)13-11(15)7-10(14)12(16-2)17-13/h4-7H,3,8H2,1-2H3,(H,16,17). The lowest BCUT2D eigenvalue weighted by Crippen LogP contribution is -2.23. The molecule has 0 aliphatic heterocycles. The number of anilines is 2. The van der Waals surface area contributed by atoms with Crippen LogP contribution < -0.4 is 10.2 Å². The Balaban J connectivity index is 2.32. The van der Waals surface area contributed by atoms with Crippen molar-refractivity contribution in [3.63, 3.8) is 0 Å². The minimum atomic E-state index is 0.505. The Bertz CT molecular complexity index is 543. The minimum Gasteiger partial charge on any atom is -0.467 e. The van der Waals surface area contributed by atoms with Gasteiger partial charge in [-0.1, -0.05) is 23.2 Å². The van der Waals surface area contributed by atoms with Crippen molar-refractivity contribution in [2.24, 2.45) is 0 Å². The van der Waals surface area contributed by atoms with Gasteiger partial charge in [0.15, 0.2) is 0 Å². The van der Waals surface area contributed by atoms with Gasteiger partial charge in [-0.25, -0.2) is 4.98 Å². The molecule has 1 N–H and O–H groups in total. The normalized spacial score (nSPS) is 10.5. The van der Waals surface area contributed by atoms with E-state index in [1.807, 2.05) is 24.0 Å². The average molecular weight is 300 g/mol. The highest BCUT2D eigenvalue weighted by molar-refractivity contribution is 6.37. The molecule has 6 heteroatoms. The molecule has 0 atom stereocenters. The number of rotatable bonds is 5. The average Bonchev–Trinajstić information content (AvgIpc) is 2.89. The summed E-state index contributed by atoms with van der Waals surface area (Å²) in [5.41, 5.74) is 0. The van der Waals surface area contributed by atoms with Gasteiger partial charge in [-0.15, -0.1) is 0 Å². The quantitative estimate of drug-likeness (QED) is 0.904. The first-order valence-electron chi connectivity index (χ1n) is 5.96. The molecule has 0 saturated heterocycles. The molecule has 0 aromatic carbocycles. The van der Waals surface area contributed by atoms with Crippen LogP contribution in [0.25, 0.3) is 0 Å². The number of halogens is 2. The minimum absolute atomic E-state index is 0.505. The van der Waals surface area contributed by atoms with Crippen LogP contribution in [0.15, 0.2) is 28.9 Å². The van der Waals surface area contributed by atoms with Crippen molar-refractivity contribution in [1.82, 2.24) is 4.98 Å². The van der Waals surface area contributed by atoms with Crippen LogP contribution in [0.5, 0.6) is 0 Å². The van der Waals surface area contributed by atoms with Gasteiger partial charge in [-0.3, -0.25) is 0 Å². The third-order valence-corrected chi connectivity index (χ3v) is 3.32.